The van der Waals surface area contributed by atoms with Gasteiger partial charge in [-0.15, -0.1) is 0 Å². The third-order valence-electron chi connectivity index (χ3n) is 2.59. The summed E-state index contributed by atoms with van der Waals surface area (Å²) in [7, 11) is -0.881. The van der Waals surface area contributed by atoms with Crippen LogP contribution in [0.5, 0.6) is 0 Å². The SMILES string of the molecule is CC(CCNc1ccc(Cl)cc1[N+](=O)[O-])S(C)=O. The summed E-state index contributed by atoms with van der Waals surface area (Å²) in [6, 6.07) is 4.48. The van der Waals surface area contributed by atoms with Gasteiger partial charge in [0.1, 0.15) is 5.69 Å². The summed E-state index contributed by atoms with van der Waals surface area (Å²) in [5.74, 6) is 0. The highest BCUT2D eigenvalue weighted by atomic mass is 35.5. The molecule has 1 aromatic rings. The van der Waals surface area contributed by atoms with Gasteiger partial charge in [-0.1, -0.05) is 18.5 Å². The van der Waals surface area contributed by atoms with E-state index in [9.17, 15) is 14.3 Å². The van der Waals surface area contributed by atoms with Gasteiger partial charge < -0.3 is 5.32 Å². The largest absolute Gasteiger partial charge is 0.379 e. The second-order valence-electron chi connectivity index (χ2n) is 3.94. The summed E-state index contributed by atoms with van der Waals surface area (Å²) in [6.07, 6.45) is 2.33. The van der Waals surface area contributed by atoms with Crippen LogP contribution < -0.4 is 5.32 Å². The number of hydrogen-bond acceptors (Lipinski definition) is 4. The maximum absolute atomic E-state index is 11.2. The zero-order valence-electron chi connectivity index (χ0n) is 10.2. The van der Waals surface area contributed by atoms with E-state index in [0.717, 1.165) is 0 Å². The lowest BCUT2D eigenvalue weighted by Gasteiger charge is -2.10. The molecule has 0 aliphatic rings. The van der Waals surface area contributed by atoms with Crippen molar-refractivity contribution in [2.45, 2.75) is 18.6 Å². The minimum absolute atomic E-state index is 0.0484. The number of nitrogens with one attached hydrogen (secondary N) is 1. The molecule has 1 rings (SSSR count). The average molecular weight is 291 g/mol. The van der Waals surface area contributed by atoms with E-state index in [1.165, 1.54) is 6.07 Å². The van der Waals surface area contributed by atoms with Gasteiger partial charge in [0.15, 0.2) is 0 Å². The van der Waals surface area contributed by atoms with Crippen LogP contribution in [0.2, 0.25) is 5.02 Å². The highest BCUT2D eigenvalue weighted by Crippen LogP contribution is 2.27. The molecule has 1 N–H and O–H groups in total. The molecule has 0 heterocycles. The predicted octanol–water partition coefficient (Wildman–Crippen LogP) is 2.82. The first-order chi connectivity index (χ1) is 8.41. The summed E-state index contributed by atoms with van der Waals surface area (Å²) in [6.45, 7) is 2.41. The van der Waals surface area contributed by atoms with E-state index < -0.39 is 15.7 Å². The van der Waals surface area contributed by atoms with E-state index in [4.69, 9.17) is 11.6 Å². The average Bonchev–Trinajstić information content (AvgIpc) is 2.30. The van der Waals surface area contributed by atoms with Crippen molar-refractivity contribution in [3.8, 4) is 0 Å². The first-order valence-electron chi connectivity index (χ1n) is 5.42. The second kappa shape index (κ2) is 6.70. The zero-order chi connectivity index (χ0) is 13.7. The van der Waals surface area contributed by atoms with Crippen LogP contribution >= 0.6 is 11.6 Å². The summed E-state index contributed by atoms with van der Waals surface area (Å²) >= 11 is 5.71. The van der Waals surface area contributed by atoms with Crippen molar-refractivity contribution >= 4 is 33.8 Å². The smallest absolute Gasteiger partial charge is 0.293 e. The summed E-state index contributed by atoms with van der Waals surface area (Å²) < 4.78 is 11.2. The van der Waals surface area contributed by atoms with Crippen LogP contribution in [0.3, 0.4) is 0 Å². The van der Waals surface area contributed by atoms with E-state index in [-0.39, 0.29) is 10.9 Å². The third-order valence-corrected chi connectivity index (χ3v) is 4.19. The standard InChI is InChI=1S/C11H15ClN2O3S/c1-8(18(2)17)5-6-13-10-4-3-9(12)7-11(10)14(15)16/h3-4,7-8,13H,5-6H2,1-2H3. The molecule has 0 amide bonds. The van der Waals surface area contributed by atoms with Gasteiger partial charge in [-0.2, -0.15) is 0 Å². The number of halogens is 1. The summed E-state index contributed by atoms with van der Waals surface area (Å²) in [5, 5.41) is 14.2. The lowest BCUT2D eigenvalue weighted by molar-refractivity contribution is -0.383. The van der Waals surface area contributed by atoms with Crippen molar-refractivity contribution in [1.82, 2.24) is 0 Å². The quantitative estimate of drug-likeness (QED) is 0.646. The first-order valence-corrected chi connectivity index (χ1v) is 7.41. The molecular weight excluding hydrogens is 276 g/mol. The molecule has 0 spiro atoms. The molecule has 0 aliphatic heterocycles. The van der Waals surface area contributed by atoms with Crippen LogP contribution in [-0.2, 0) is 10.8 Å². The summed E-state index contributed by atoms with van der Waals surface area (Å²) in [5.41, 5.74) is 0.381. The Hall–Kier alpha value is -1.14. The van der Waals surface area contributed by atoms with E-state index >= 15 is 0 Å². The van der Waals surface area contributed by atoms with Gasteiger partial charge in [0, 0.05) is 39.9 Å². The molecule has 2 atom stereocenters. The molecule has 100 valence electrons. The maximum Gasteiger partial charge on any atom is 0.293 e. The Morgan fingerprint density at radius 3 is 2.78 bits per heavy atom. The molecule has 0 aromatic heterocycles. The number of nitro benzene ring substituents is 1. The van der Waals surface area contributed by atoms with Crippen LogP contribution in [0, 0.1) is 10.1 Å². The van der Waals surface area contributed by atoms with Crippen LogP contribution in [-0.4, -0.2) is 27.2 Å². The van der Waals surface area contributed by atoms with E-state index in [1.54, 1.807) is 18.4 Å². The Morgan fingerprint density at radius 2 is 2.22 bits per heavy atom. The minimum Gasteiger partial charge on any atom is -0.379 e. The number of nitrogens with zero attached hydrogens (tertiary/aromatic N) is 1. The molecule has 0 radical (unpaired) electrons. The molecule has 7 heteroatoms. The molecule has 18 heavy (non-hydrogen) atoms. The second-order valence-corrected chi connectivity index (χ2v) is 6.18. The van der Waals surface area contributed by atoms with Gasteiger partial charge in [0.25, 0.3) is 5.69 Å². The highest BCUT2D eigenvalue weighted by molar-refractivity contribution is 7.84. The monoisotopic (exact) mass is 290 g/mol. The lowest BCUT2D eigenvalue weighted by atomic mass is 10.2. The van der Waals surface area contributed by atoms with Crippen molar-refractivity contribution in [2.24, 2.45) is 0 Å². The van der Waals surface area contributed by atoms with E-state index in [2.05, 4.69) is 5.32 Å². The Morgan fingerprint density at radius 1 is 1.56 bits per heavy atom. The van der Waals surface area contributed by atoms with Crippen LogP contribution in [0.1, 0.15) is 13.3 Å². The van der Waals surface area contributed by atoms with Gasteiger partial charge in [0.05, 0.1) is 4.92 Å². The first kappa shape index (κ1) is 14.9. The Kier molecular flexibility index (Phi) is 5.55. The van der Waals surface area contributed by atoms with Crippen molar-refractivity contribution in [3.05, 3.63) is 33.3 Å². The number of hydrogen-bond donors (Lipinski definition) is 1. The highest BCUT2D eigenvalue weighted by Gasteiger charge is 2.14. The van der Waals surface area contributed by atoms with Crippen LogP contribution in [0.15, 0.2) is 18.2 Å². The van der Waals surface area contributed by atoms with Gasteiger partial charge in [-0.05, 0) is 18.6 Å². The van der Waals surface area contributed by atoms with Crippen molar-refractivity contribution in [3.63, 3.8) is 0 Å². The molecule has 1 aromatic carbocycles. The van der Waals surface area contributed by atoms with Crippen molar-refractivity contribution < 1.29 is 9.13 Å². The molecule has 0 saturated carbocycles. The van der Waals surface area contributed by atoms with Gasteiger partial charge >= 0.3 is 0 Å². The Labute approximate surface area is 113 Å². The van der Waals surface area contributed by atoms with Gasteiger partial charge in [-0.3, -0.25) is 14.3 Å². The number of benzene rings is 1. The topological polar surface area (TPSA) is 72.2 Å². The molecular formula is C11H15ClN2O3S. The molecule has 2 unspecified atom stereocenters. The molecule has 0 saturated heterocycles. The maximum atomic E-state index is 11.2. The number of nitro groups is 1. The van der Waals surface area contributed by atoms with Gasteiger partial charge in [-0.25, -0.2) is 0 Å². The minimum atomic E-state index is -0.881. The number of rotatable bonds is 6. The van der Waals surface area contributed by atoms with Crippen molar-refractivity contribution in [2.75, 3.05) is 18.1 Å². The predicted molar refractivity (Wildman–Crippen MR) is 74.7 cm³/mol. The Bertz CT molecular complexity index is 468. The fourth-order valence-electron chi connectivity index (χ4n) is 1.38. The van der Waals surface area contributed by atoms with E-state index in [0.29, 0.717) is 23.7 Å². The van der Waals surface area contributed by atoms with Gasteiger partial charge in [0.2, 0.25) is 0 Å². The van der Waals surface area contributed by atoms with Crippen LogP contribution in [0.25, 0.3) is 0 Å². The normalized spacial score (nSPS) is 13.9. The zero-order valence-corrected chi connectivity index (χ0v) is 11.8. The molecule has 0 bridgehead atoms. The fourth-order valence-corrected chi connectivity index (χ4v) is 2.00. The molecule has 0 aliphatic carbocycles. The number of anilines is 1. The van der Waals surface area contributed by atoms with Crippen LogP contribution in [0.4, 0.5) is 11.4 Å². The molecule has 5 nitrogen and oxygen atoms in total. The third kappa shape index (κ3) is 4.27. The fraction of sp³-hybridized carbons (Fsp3) is 0.455. The summed E-state index contributed by atoms with van der Waals surface area (Å²) in [4.78, 5) is 10.4. The van der Waals surface area contributed by atoms with E-state index in [1.807, 2.05) is 6.92 Å². The lowest BCUT2D eigenvalue weighted by Crippen LogP contribution is -2.15. The molecule has 0 fully saturated rings. The van der Waals surface area contributed by atoms with Crippen molar-refractivity contribution in [1.29, 1.82) is 0 Å². The Balaban J connectivity index is 2.67.